The topological polar surface area (TPSA) is 94.6 Å². The van der Waals surface area contributed by atoms with E-state index in [1.165, 1.54) is 7.11 Å². The fourth-order valence-electron chi connectivity index (χ4n) is 0.325. The third-order valence-corrected chi connectivity index (χ3v) is 0.877. The molecule has 0 aromatic carbocycles. The molecule has 0 atom stereocenters. The Kier molecular flexibility index (Phi) is 4.35. The SMILES string of the molecule is COn1ncoc1=O.O=C(O)C(F)(F)F. The first-order valence-electron chi connectivity index (χ1n) is 3.16. The molecule has 0 radical (unpaired) electrons. The zero-order valence-electron chi connectivity index (χ0n) is 7.19. The molecule has 10 heteroatoms. The number of hydrogen-bond acceptors (Lipinski definition) is 5. The van der Waals surface area contributed by atoms with Crippen LogP contribution in [0.25, 0.3) is 0 Å². The van der Waals surface area contributed by atoms with Crippen molar-refractivity contribution in [3.63, 3.8) is 0 Å². The summed E-state index contributed by atoms with van der Waals surface area (Å²) in [6, 6.07) is 0. The Bertz CT molecular complexity index is 367. The average molecular weight is 230 g/mol. The van der Waals surface area contributed by atoms with Crippen molar-refractivity contribution < 1.29 is 32.3 Å². The van der Waals surface area contributed by atoms with Crippen LogP contribution in [0.2, 0.25) is 0 Å². The van der Waals surface area contributed by atoms with Crippen LogP contribution in [0.3, 0.4) is 0 Å². The Hall–Kier alpha value is -2.00. The van der Waals surface area contributed by atoms with Gasteiger partial charge in [-0.3, -0.25) is 0 Å². The van der Waals surface area contributed by atoms with Crippen molar-refractivity contribution in [2.45, 2.75) is 6.18 Å². The molecule has 0 unspecified atom stereocenters. The lowest BCUT2D eigenvalue weighted by atomic mass is 10.7. The van der Waals surface area contributed by atoms with Crippen molar-refractivity contribution >= 4 is 5.97 Å². The van der Waals surface area contributed by atoms with Crippen LogP contribution in [-0.4, -0.2) is 34.3 Å². The van der Waals surface area contributed by atoms with E-state index in [1.807, 2.05) is 0 Å². The number of aliphatic carboxylic acids is 1. The first-order valence-corrected chi connectivity index (χ1v) is 3.16. The molecule has 1 rings (SSSR count). The summed E-state index contributed by atoms with van der Waals surface area (Å²) >= 11 is 0. The second-order valence-electron chi connectivity index (χ2n) is 1.86. The molecule has 0 amide bonds. The normalized spacial score (nSPS) is 10.1. The molecule has 0 aliphatic carbocycles. The summed E-state index contributed by atoms with van der Waals surface area (Å²) in [5, 5.41) is 10.5. The first-order chi connectivity index (χ1) is 6.79. The van der Waals surface area contributed by atoms with Gasteiger partial charge in [-0.1, -0.05) is 5.10 Å². The van der Waals surface area contributed by atoms with Crippen molar-refractivity contribution in [1.29, 1.82) is 0 Å². The fourth-order valence-corrected chi connectivity index (χ4v) is 0.325. The van der Waals surface area contributed by atoms with Gasteiger partial charge in [0.05, 0.1) is 0 Å². The average Bonchev–Trinajstić information content (AvgIpc) is 2.50. The largest absolute Gasteiger partial charge is 0.490 e. The number of hydrogen-bond donors (Lipinski definition) is 1. The number of carboxylic acid groups (broad SMARTS) is 1. The van der Waals surface area contributed by atoms with Crippen LogP contribution in [0.1, 0.15) is 0 Å². The van der Waals surface area contributed by atoms with Gasteiger partial charge in [0, 0.05) is 0 Å². The molecule has 1 aromatic rings. The maximum Gasteiger partial charge on any atom is 0.490 e. The standard InChI is InChI=1S/C3H4N2O3.C2HF3O2/c1-7-5-3(6)8-2-4-5;3-2(4,5)1(6)7/h2H,1H3;(H,6,7). The van der Waals surface area contributed by atoms with Crippen molar-refractivity contribution in [3.8, 4) is 0 Å². The van der Waals surface area contributed by atoms with Gasteiger partial charge < -0.3 is 14.4 Å². The fraction of sp³-hybridized carbons (Fsp3) is 0.400. The van der Waals surface area contributed by atoms with E-state index in [2.05, 4.69) is 14.4 Å². The predicted molar refractivity (Wildman–Crippen MR) is 37.0 cm³/mol. The number of aromatic nitrogens is 2. The van der Waals surface area contributed by atoms with Gasteiger partial charge >= 0.3 is 17.9 Å². The molecule has 1 N–H and O–H groups in total. The molecule has 15 heavy (non-hydrogen) atoms. The van der Waals surface area contributed by atoms with E-state index in [0.717, 1.165) is 11.2 Å². The quantitative estimate of drug-likeness (QED) is 0.700. The van der Waals surface area contributed by atoms with Crippen molar-refractivity contribution in [2.24, 2.45) is 0 Å². The van der Waals surface area contributed by atoms with E-state index in [0.29, 0.717) is 0 Å². The minimum atomic E-state index is -5.08. The Morgan fingerprint density at radius 1 is 1.67 bits per heavy atom. The molecule has 1 heterocycles. The molecule has 0 bridgehead atoms. The van der Waals surface area contributed by atoms with Gasteiger partial charge in [0.2, 0.25) is 6.39 Å². The summed E-state index contributed by atoms with van der Waals surface area (Å²) in [5.74, 6) is -3.37. The van der Waals surface area contributed by atoms with Crippen molar-refractivity contribution in [3.05, 3.63) is 16.9 Å². The van der Waals surface area contributed by atoms with Gasteiger partial charge in [0.25, 0.3) is 0 Å². The highest BCUT2D eigenvalue weighted by molar-refractivity contribution is 5.73. The van der Waals surface area contributed by atoms with Gasteiger partial charge in [0.1, 0.15) is 7.11 Å². The van der Waals surface area contributed by atoms with Crippen LogP contribution in [-0.2, 0) is 4.79 Å². The van der Waals surface area contributed by atoms with Gasteiger partial charge in [-0.25, -0.2) is 9.59 Å². The van der Waals surface area contributed by atoms with E-state index in [-0.39, 0.29) is 0 Å². The van der Waals surface area contributed by atoms with Gasteiger partial charge in [-0.05, 0) is 4.85 Å². The van der Waals surface area contributed by atoms with Crippen molar-refractivity contribution in [1.82, 2.24) is 9.94 Å². The lowest BCUT2D eigenvalue weighted by molar-refractivity contribution is -0.192. The number of halogens is 3. The minimum Gasteiger partial charge on any atom is -0.475 e. The second-order valence-corrected chi connectivity index (χ2v) is 1.86. The van der Waals surface area contributed by atoms with E-state index in [9.17, 15) is 18.0 Å². The van der Waals surface area contributed by atoms with Crippen LogP contribution in [0, 0.1) is 0 Å². The summed E-state index contributed by atoms with van der Waals surface area (Å²) in [6.07, 6.45) is -4.08. The zero-order valence-corrected chi connectivity index (χ0v) is 7.19. The maximum atomic E-state index is 10.6. The monoisotopic (exact) mass is 230 g/mol. The van der Waals surface area contributed by atoms with Gasteiger partial charge in [-0.2, -0.15) is 13.2 Å². The zero-order chi connectivity index (χ0) is 12.1. The molecule has 0 saturated carbocycles. The van der Waals surface area contributed by atoms with E-state index in [1.54, 1.807) is 0 Å². The molecule has 0 spiro atoms. The minimum absolute atomic E-state index is 0.618. The molecule has 7 nitrogen and oxygen atoms in total. The number of nitrogens with zero attached hydrogens (tertiary/aromatic N) is 2. The summed E-state index contributed by atoms with van der Waals surface area (Å²) in [7, 11) is 1.32. The molecular formula is C5H5F3N2O5. The van der Waals surface area contributed by atoms with Crippen LogP contribution < -0.4 is 10.6 Å². The van der Waals surface area contributed by atoms with E-state index >= 15 is 0 Å². The van der Waals surface area contributed by atoms with E-state index in [4.69, 9.17) is 9.90 Å². The molecule has 1 aromatic heterocycles. The lowest BCUT2D eigenvalue weighted by Crippen LogP contribution is -2.21. The summed E-state index contributed by atoms with van der Waals surface area (Å²) in [6.45, 7) is 0. The number of alkyl halides is 3. The molecule has 0 saturated heterocycles. The Morgan fingerprint density at radius 2 is 2.13 bits per heavy atom. The molecule has 86 valence electrons. The predicted octanol–water partition coefficient (Wildman–Crippen LogP) is -0.472. The molecule has 0 aliphatic heterocycles. The van der Waals surface area contributed by atoms with Crippen LogP contribution in [0.4, 0.5) is 13.2 Å². The van der Waals surface area contributed by atoms with E-state index < -0.39 is 17.9 Å². The smallest absolute Gasteiger partial charge is 0.475 e. The number of carboxylic acids is 1. The number of carbonyl (C=O) groups is 1. The third-order valence-electron chi connectivity index (χ3n) is 0.877. The molecule has 0 fully saturated rings. The van der Waals surface area contributed by atoms with Gasteiger partial charge in [0.15, 0.2) is 0 Å². The Labute approximate surface area is 79.6 Å². The highest BCUT2D eigenvalue weighted by Crippen LogP contribution is 2.13. The Balaban J connectivity index is 0.000000265. The van der Waals surface area contributed by atoms with Crippen LogP contribution >= 0.6 is 0 Å². The Morgan fingerprint density at radius 3 is 2.27 bits per heavy atom. The second kappa shape index (κ2) is 5.02. The summed E-state index contributed by atoms with van der Waals surface area (Å²) < 4.78 is 36.0. The molecular weight excluding hydrogens is 225 g/mol. The van der Waals surface area contributed by atoms with Gasteiger partial charge in [-0.15, -0.1) is 0 Å². The van der Waals surface area contributed by atoms with Crippen LogP contribution in [0.5, 0.6) is 0 Å². The highest BCUT2D eigenvalue weighted by Gasteiger charge is 2.38. The summed E-state index contributed by atoms with van der Waals surface area (Å²) in [5.41, 5.74) is 0. The first kappa shape index (κ1) is 13.0. The third kappa shape index (κ3) is 4.69. The lowest BCUT2D eigenvalue weighted by Gasteiger charge is -1.93. The summed E-state index contributed by atoms with van der Waals surface area (Å²) in [4.78, 5) is 24.3. The highest BCUT2D eigenvalue weighted by atomic mass is 19.4. The van der Waals surface area contributed by atoms with Crippen LogP contribution in [0.15, 0.2) is 15.6 Å². The maximum absolute atomic E-state index is 10.6. The molecule has 0 aliphatic rings. The van der Waals surface area contributed by atoms with Crippen molar-refractivity contribution in [2.75, 3.05) is 7.11 Å². The number of rotatable bonds is 1.